The summed E-state index contributed by atoms with van der Waals surface area (Å²) in [7, 11) is 1.86. The maximum atomic E-state index is 4.48. The summed E-state index contributed by atoms with van der Waals surface area (Å²) in [6.45, 7) is 2.91. The number of nitrogens with one attached hydrogen (secondary N) is 1. The van der Waals surface area contributed by atoms with Crippen molar-refractivity contribution in [3.05, 3.63) is 66.1 Å². The van der Waals surface area contributed by atoms with Crippen LogP contribution >= 0.6 is 24.0 Å². The first-order valence-corrected chi connectivity index (χ1v) is 9.61. The van der Waals surface area contributed by atoms with Crippen molar-refractivity contribution in [2.75, 3.05) is 26.7 Å². The number of hydrogen-bond donors (Lipinski definition) is 1. The van der Waals surface area contributed by atoms with Crippen molar-refractivity contribution in [2.45, 2.75) is 19.3 Å². The molecule has 0 saturated carbocycles. The molecule has 1 aliphatic rings. The van der Waals surface area contributed by atoms with Gasteiger partial charge in [0.2, 0.25) is 0 Å². The fourth-order valence-corrected chi connectivity index (χ4v) is 3.82. The lowest BCUT2D eigenvalue weighted by Crippen LogP contribution is -2.41. The van der Waals surface area contributed by atoms with Crippen molar-refractivity contribution in [1.29, 1.82) is 0 Å². The van der Waals surface area contributed by atoms with Gasteiger partial charge in [-0.25, -0.2) is 0 Å². The first-order valence-electron chi connectivity index (χ1n) is 9.61. The van der Waals surface area contributed by atoms with Gasteiger partial charge in [-0.05, 0) is 36.5 Å². The number of pyridine rings is 1. The summed E-state index contributed by atoms with van der Waals surface area (Å²) in [4.78, 5) is 6.85. The molecule has 3 heterocycles. The summed E-state index contributed by atoms with van der Waals surface area (Å²) in [6.07, 6.45) is 5.17. The average Bonchev–Trinajstić information content (AvgIpc) is 3.33. The smallest absolute Gasteiger partial charge is 0.193 e. The second kappa shape index (κ2) is 9.86. The number of rotatable bonds is 5. The number of aliphatic imine (C=N–C) groups is 1. The third-order valence-electron chi connectivity index (χ3n) is 5.18. The fourth-order valence-electron chi connectivity index (χ4n) is 3.82. The van der Waals surface area contributed by atoms with E-state index >= 15 is 0 Å². The number of hydrogen-bond acceptors (Lipinski definition) is 3. The first-order chi connectivity index (χ1) is 13.3. The molecule has 1 saturated heterocycles. The van der Waals surface area contributed by atoms with Crippen LogP contribution in [0.15, 0.2) is 59.7 Å². The molecule has 1 atom stereocenters. The van der Waals surface area contributed by atoms with E-state index < -0.39 is 0 Å². The van der Waals surface area contributed by atoms with E-state index in [1.165, 1.54) is 12.0 Å². The number of fused-ring (bicyclic) bond motifs is 1. The molecular formula is C21H27IN6. The maximum Gasteiger partial charge on any atom is 0.193 e. The Hall–Kier alpha value is -2.16. The van der Waals surface area contributed by atoms with Crippen molar-refractivity contribution in [1.82, 2.24) is 24.8 Å². The quantitative estimate of drug-likeness (QED) is 0.340. The molecule has 4 rings (SSSR count). The molecular weight excluding hydrogens is 463 g/mol. The van der Waals surface area contributed by atoms with Gasteiger partial charge in [-0.3, -0.25) is 9.39 Å². The molecule has 3 aromatic rings. The zero-order chi connectivity index (χ0) is 18.5. The summed E-state index contributed by atoms with van der Waals surface area (Å²) in [5.41, 5.74) is 2.31. The van der Waals surface area contributed by atoms with E-state index in [0.717, 1.165) is 49.9 Å². The molecule has 148 valence electrons. The normalized spacial score (nSPS) is 17.0. The molecule has 0 amide bonds. The molecule has 6 nitrogen and oxygen atoms in total. The third kappa shape index (κ3) is 4.81. The van der Waals surface area contributed by atoms with Crippen LogP contribution < -0.4 is 5.32 Å². The van der Waals surface area contributed by atoms with Crippen LogP contribution in [0.5, 0.6) is 0 Å². The number of nitrogens with zero attached hydrogens (tertiary/aromatic N) is 5. The molecule has 1 aromatic carbocycles. The fraction of sp³-hybridized carbons (Fsp3) is 0.381. The van der Waals surface area contributed by atoms with Gasteiger partial charge in [0.25, 0.3) is 0 Å². The van der Waals surface area contributed by atoms with Crippen LogP contribution in [0.4, 0.5) is 0 Å². The molecule has 1 N–H and O–H groups in total. The van der Waals surface area contributed by atoms with E-state index in [4.69, 9.17) is 0 Å². The predicted octanol–water partition coefficient (Wildman–Crippen LogP) is 3.03. The van der Waals surface area contributed by atoms with Crippen LogP contribution in [0.25, 0.3) is 5.65 Å². The number of likely N-dealkylation sites (tertiary alicyclic amines) is 1. The van der Waals surface area contributed by atoms with Crippen LogP contribution in [-0.2, 0) is 12.8 Å². The SMILES string of the molecule is CN=C(NCCc1nnc2ccccn12)N1CCC(Cc2ccccc2)C1.I. The van der Waals surface area contributed by atoms with E-state index in [1.807, 2.05) is 35.8 Å². The maximum absolute atomic E-state index is 4.48. The summed E-state index contributed by atoms with van der Waals surface area (Å²) >= 11 is 0. The minimum atomic E-state index is 0. The lowest BCUT2D eigenvalue weighted by atomic mass is 9.99. The molecule has 7 heteroatoms. The van der Waals surface area contributed by atoms with Crippen molar-refractivity contribution in [2.24, 2.45) is 10.9 Å². The zero-order valence-electron chi connectivity index (χ0n) is 16.2. The Morgan fingerprint density at radius 2 is 1.96 bits per heavy atom. The predicted molar refractivity (Wildman–Crippen MR) is 123 cm³/mol. The minimum Gasteiger partial charge on any atom is -0.356 e. The van der Waals surface area contributed by atoms with Gasteiger partial charge in [0.15, 0.2) is 11.6 Å². The van der Waals surface area contributed by atoms with Gasteiger partial charge in [0.05, 0.1) is 0 Å². The van der Waals surface area contributed by atoms with Crippen LogP contribution in [-0.4, -0.2) is 52.1 Å². The molecule has 28 heavy (non-hydrogen) atoms. The van der Waals surface area contributed by atoms with Crippen molar-refractivity contribution in [3.8, 4) is 0 Å². The number of aromatic nitrogens is 3. The molecule has 1 fully saturated rings. The molecule has 1 unspecified atom stereocenters. The molecule has 0 bridgehead atoms. The Morgan fingerprint density at radius 3 is 2.79 bits per heavy atom. The molecule has 0 spiro atoms. The highest BCUT2D eigenvalue weighted by molar-refractivity contribution is 14.0. The largest absolute Gasteiger partial charge is 0.356 e. The van der Waals surface area contributed by atoms with E-state index in [1.54, 1.807) is 0 Å². The Labute approximate surface area is 183 Å². The molecule has 1 aliphatic heterocycles. The van der Waals surface area contributed by atoms with Crippen LogP contribution in [0.1, 0.15) is 17.8 Å². The number of guanidine groups is 1. The Bertz CT molecular complexity index is 907. The summed E-state index contributed by atoms with van der Waals surface area (Å²) < 4.78 is 2.04. The number of halogens is 1. The Kier molecular flexibility index (Phi) is 7.24. The third-order valence-corrected chi connectivity index (χ3v) is 5.18. The van der Waals surface area contributed by atoms with Gasteiger partial charge >= 0.3 is 0 Å². The summed E-state index contributed by atoms with van der Waals surface area (Å²) in [5, 5.41) is 12.0. The van der Waals surface area contributed by atoms with Crippen LogP contribution in [0.2, 0.25) is 0 Å². The van der Waals surface area contributed by atoms with Gasteiger partial charge < -0.3 is 10.2 Å². The monoisotopic (exact) mass is 490 g/mol. The molecule has 0 radical (unpaired) electrons. The summed E-state index contributed by atoms with van der Waals surface area (Å²) in [5.74, 6) is 2.64. The number of benzene rings is 1. The van der Waals surface area contributed by atoms with Gasteiger partial charge in [0.1, 0.15) is 5.82 Å². The van der Waals surface area contributed by atoms with Crippen molar-refractivity contribution >= 4 is 35.6 Å². The first kappa shape index (κ1) is 20.6. The van der Waals surface area contributed by atoms with Gasteiger partial charge in [-0.15, -0.1) is 34.2 Å². The van der Waals surface area contributed by atoms with Gasteiger partial charge in [-0.2, -0.15) is 0 Å². The topological polar surface area (TPSA) is 57.8 Å². The Morgan fingerprint density at radius 1 is 1.14 bits per heavy atom. The van der Waals surface area contributed by atoms with Crippen molar-refractivity contribution < 1.29 is 0 Å². The zero-order valence-corrected chi connectivity index (χ0v) is 18.5. The second-order valence-corrected chi connectivity index (χ2v) is 7.06. The van der Waals surface area contributed by atoms with Crippen LogP contribution in [0.3, 0.4) is 0 Å². The standard InChI is InChI=1S/C21H26N6.HI/c1-22-21(23-12-10-20-25-24-19-9-5-6-13-27(19)20)26-14-11-18(16-26)15-17-7-3-2-4-8-17;/h2-9,13,18H,10-12,14-16H2,1H3,(H,22,23);1H. The van der Waals surface area contributed by atoms with Crippen molar-refractivity contribution in [3.63, 3.8) is 0 Å². The average molecular weight is 490 g/mol. The highest BCUT2D eigenvalue weighted by atomic mass is 127. The van der Waals surface area contributed by atoms with Gasteiger partial charge in [-0.1, -0.05) is 36.4 Å². The summed E-state index contributed by atoms with van der Waals surface area (Å²) in [6, 6.07) is 16.7. The molecule has 0 aliphatic carbocycles. The van der Waals surface area contributed by atoms with E-state index in [9.17, 15) is 0 Å². The van der Waals surface area contributed by atoms with E-state index in [2.05, 4.69) is 55.7 Å². The highest BCUT2D eigenvalue weighted by Crippen LogP contribution is 2.20. The minimum absolute atomic E-state index is 0. The second-order valence-electron chi connectivity index (χ2n) is 7.06. The van der Waals surface area contributed by atoms with Crippen LogP contribution in [0, 0.1) is 5.92 Å². The lowest BCUT2D eigenvalue weighted by molar-refractivity contribution is 0.460. The van der Waals surface area contributed by atoms with E-state index in [0.29, 0.717) is 5.92 Å². The lowest BCUT2D eigenvalue weighted by Gasteiger charge is -2.21. The van der Waals surface area contributed by atoms with E-state index in [-0.39, 0.29) is 24.0 Å². The molecule has 2 aromatic heterocycles. The Balaban J connectivity index is 0.00000225. The van der Waals surface area contributed by atoms with Gasteiger partial charge in [0, 0.05) is 39.3 Å². The highest BCUT2D eigenvalue weighted by Gasteiger charge is 2.24.